The van der Waals surface area contributed by atoms with Crippen molar-refractivity contribution in [2.75, 3.05) is 0 Å². The molecule has 72 valence electrons. The zero-order valence-corrected chi connectivity index (χ0v) is 9.45. The number of hydrogen-bond acceptors (Lipinski definition) is 2. The van der Waals surface area contributed by atoms with Gasteiger partial charge in [0, 0.05) is 0 Å². The van der Waals surface area contributed by atoms with Gasteiger partial charge >= 0.3 is 0 Å². The maximum absolute atomic E-state index is 4.76. The molecule has 2 aliphatic carbocycles. The first kappa shape index (κ1) is 9.36. The lowest BCUT2D eigenvalue weighted by molar-refractivity contribution is 0.105. The van der Waals surface area contributed by atoms with Gasteiger partial charge in [0.05, 0.1) is 10.7 Å². The largest absolute Gasteiger partial charge is 0.225 e. The second-order valence-corrected chi connectivity index (χ2v) is 5.46. The zero-order chi connectivity index (χ0) is 9.69. The Morgan fingerprint density at radius 3 is 2.31 bits per heavy atom. The van der Waals surface area contributed by atoms with E-state index in [2.05, 4.69) is 30.9 Å². The molecule has 2 fully saturated rings. The van der Waals surface area contributed by atoms with Crippen molar-refractivity contribution in [3.63, 3.8) is 0 Å². The second kappa shape index (κ2) is 2.65. The molecule has 2 saturated carbocycles. The summed E-state index contributed by atoms with van der Waals surface area (Å²) in [5.74, 6) is 1.61. The van der Waals surface area contributed by atoms with Gasteiger partial charge in [0.15, 0.2) is 0 Å². The summed E-state index contributed by atoms with van der Waals surface area (Å²) in [5, 5.41) is 2.60. The molecule has 0 amide bonds. The van der Waals surface area contributed by atoms with Crippen molar-refractivity contribution >= 4 is 17.4 Å². The van der Waals surface area contributed by atoms with Crippen molar-refractivity contribution in [2.45, 2.75) is 45.6 Å². The maximum atomic E-state index is 4.76. The molecule has 2 bridgehead atoms. The minimum atomic E-state index is 0.0671. The van der Waals surface area contributed by atoms with Gasteiger partial charge in [-0.2, -0.15) is 0 Å². The summed E-state index contributed by atoms with van der Waals surface area (Å²) in [6.45, 7) is 6.94. The van der Waals surface area contributed by atoms with Crippen LogP contribution in [0.25, 0.3) is 0 Å². The molecule has 0 unspecified atom stereocenters. The maximum Gasteiger partial charge on any atom is 0.0764 e. The SMILES string of the molecule is CC1(C)[C@H]2CC[C@@H](C2)[C@@]1(C)N=C=S. The summed E-state index contributed by atoms with van der Waals surface area (Å²) in [6.07, 6.45) is 4.08. The number of hydrogen-bond donors (Lipinski definition) is 0. The van der Waals surface area contributed by atoms with Crippen LogP contribution in [0.1, 0.15) is 40.0 Å². The van der Waals surface area contributed by atoms with Gasteiger partial charge in [0.2, 0.25) is 0 Å². The van der Waals surface area contributed by atoms with Crippen molar-refractivity contribution in [2.24, 2.45) is 22.2 Å². The summed E-state index contributed by atoms with van der Waals surface area (Å²) < 4.78 is 0. The van der Waals surface area contributed by atoms with Gasteiger partial charge in [0.1, 0.15) is 0 Å². The second-order valence-electron chi connectivity index (χ2n) is 5.28. The smallest absolute Gasteiger partial charge is 0.0764 e. The molecule has 0 aromatic carbocycles. The van der Waals surface area contributed by atoms with Crippen LogP contribution in [0.2, 0.25) is 0 Å². The topological polar surface area (TPSA) is 12.4 Å². The van der Waals surface area contributed by atoms with Crippen LogP contribution in [0.5, 0.6) is 0 Å². The monoisotopic (exact) mass is 195 g/mol. The van der Waals surface area contributed by atoms with Gasteiger partial charge in [-0.1, -0.05) is 13.8 Å². The highest BCUT2D eigenvalue weighted by molar-refractivity contribution is 7.78. The summed E-state index contributed by atoms with van der Waals surface area (Å²) in [6, 6.07) is 0. The van der Waals surface area contributed by atoms with E-state index in [9.17, 15) is 0 Å². The Balaban J connectivity index is 2.43. The van der Waals surface area contributed by atoms with E-state index in [-0.39, 0.29) is 5.54 Å². The first-order chi connectivity index (χ1) is 6.02. The Labute approximate surface area is 85.6 Å². The van der Waals surface area contributed by atoms with Crippen molar-refractivity contribution < 1.29 is 0 Å². The van der Waals surface area contributed by atoms with E-state index in [1.807, 2.05) is 0 Å². The molecular weight excluding hydrogens is 178 g/mol. The lowest BCUT2D eigenvalue weighted by Gasteiger charge is -2.43. The number of isothiocyanates is 1. The van der Waals surface area contributed by atoms with E-state index in [0.29, 0.717) is 5.41 Å². The van der Waals surface area contributed by atoms with Crippen LogP contribution in [0.4, 0.5) is 0 Å². The van der Waals surface area contributed by atoms with Crippen molar-refractivity contribution in [3.05, 3.63) is 0 Å². The van der Waals surface area contributed by atoms with Gasteiger partial charge < -0.3 is 0 Å². The molecule has 0 aromatic rings. The molecule has 2 rings (SSSR count). The molecule has 0 N–H and O–H groups in total. The van der Waals surface area contributed by atoms with Crippen molar-refractivity contribution in [1.82, 2.24) is 0 Å². The fraction of sp³-hybridized carbons (Fsp3) is 0.909. The number of fused-ring (bicyclic) bond motifs is 2. The third kappa shape index (κ3) is 0.992. The number of aliphatic imine (C=N–C) groups is 1. The molecule has 0 radical (unpaired) electrons. The van der Waals surface area contributed by atoms with E-state index in [1.54, 1.807) is 0 Å². The third-order valence-electron chi connectivity index (χ3n) is 4.83. The summed E-state index contributed by atoms with van der Waals surface area (Å²) in [5.41, 5.74) is 0.388. The molecule has 1 nitrogen and oxygen atoms in total. The number of nitrogens with zero attached hydrogens (tertiary/aromatic N) is 1. The highest BCUT2D eigenvalue weighted by Crippen LogP contribution is 2.62. The van der Waals surface area contributed by atoms with Crippen LogP contribution in [0.3, 0.4) is 0 Å². The molecule has 0 heterocycles. The first-order valence-corrected chi connectivity index (χ1v) is 5.52. The normalized spacial score (nSPS) is 46.1. The Morgan fingerprint density at radius 1 is 1.23 bits per heavy atom. The summed E-state index contributed by atoms with van der Waals surface area (Å²) in [7, 11) is 0. The Hall–Kier alpha value is -0.200. The van der Waals surface area contributed by atoms with Gasteiger partial charge in [0.25, 0.3) is 0 Å². The number of thiocarbonyl (C=S) groups is 1. The van der Waals surface area contributed by atoms with E-state index in [0.717, 1.165) is 11.8 Å². The third-order valence-corrected chi connectivity index (χ3v) is 4.92. The fourth-order valence-corrected chi connectivity index (χ4v) is 3.61. The van der Waals surface area contributed by atoms with Gasteiger partial charge in [-0.15, -0.1) is 0 Å². The van der Waals surface area contributed by atoms with Gasteiger partial charge in [-0.25, -0.2) is 4.99 Å². The van der Waals surface area contributed by atoms with Gasteiger partial charge in [-0.3, -0.25) is 0 Å². The van der Waals surface area contributed by atoms with Crippen LogP contribution in [-0.2, 0) is 0 Å². The molecule has 0 saturated heterocycles. The quantitative estimate of drug-likeness (QED) is 0.462. The minimum Gasteiger partial charge on any atom is -0.225 e. The van der Waals surface area contributed by atoms with Crippen LogP contribution in [0.15, 0.2) is 4.99 Å². The standard InChI is InChI=1S/C11H17NS/c1-10(2)8-4-5-9(6-8)11(10,3)12-7-13/h8-9H,4-6H2,1-3H3/t8-,9-,11+/m0/s1. The predicted octanol–water partition coefficient (Wildman–Crippen LogP) is 3.30. The minimum absolute atomic E-state index is 0.0671. The predicted molar refractivity (Wildman–Crippen MR) is 58.0 cm³/mol. The average molecular weight is 195 g/mol. The lowest BCUT2D eigenvalue weighted by Crippen LogP contribution is -2.45. The van der Waals surface area contributed by atoms with Crippen LogP contribution < -0.4 is 0 Å². The van der Waals surface area contributed by atoms with Crippen molar-refractivity contribution in [1.29, 1.82) is 0 Å². The Kier molecular flexibility index (Phi) is 1.91. The Morgan fingerprint density at radius 2 is 1.85 bits per heavy atom. The first-order valence-electron chi connectivity index (χ1n) is 5.11. The number of rotatable bonds is 1. The molecular formula is C11H17NS. The molecule has 2 heteroatoms. The van der Waals surface area contributed by atoms with E-state index >= 15 is 0 Å². The highest BCUT2D eigenvalue weighted by atomic mass is 32.1. The van der Waals surface area contributed by atoms with E-state index in [4.69, 9.17) is 12.2 Å². The van der Waals surface area contributed by atoms with Crippen LogP contribution in [-0.4, -0.2) is 10.7 Å². The van der Waals surface area contributed by atoms with Crippen LogP contribution >= 0.6 is 12.2 Å². The lowest BCUT2D eigenvalue weighted by atomic mass is 9.64. The zero-order valence-electron chi connectivity index (χ0n) is 8.63. The molecule has 3 atom stereocenters. The fourth-order valence-electron chi connectivity index (χ4n) is 3.42. The van der Waals surface area contributed by atoms with E-state index in [1.165, 1.54) is 19.3 Å². The van der Waals surface area contributed by atoms with E-state index < -0.39 is 0 Å². The summed E-state index contributed by atoms with van der Waals surface area (Å²) >= 11 is 4.76. The van der Waals surface area contributed by atoms with Crippen LogP contribution in [0, 0.1) is 17.3 Å². The highest BCUT2D eigenvalue weighted by Gasteiger charge is 2.60. The molecule has 0 spiro atoms. The molecule has 2 aliphatic rings. The summed E-state index contributed by atoms with van der Waals surface area (Å²) in [4.78, 5) is 4.46. The van der Waals surface area contributed by atoms with Gasteiger partial charge in [-0.05, 0) is 55.7 Å². The molecule has 0 aromatic heterocycles. The molecule has 0 aliphatic heterocycles. The average Bonchev–Trinajstić information content (AvgIpc) is 2.56. The van der Waals surface area contributed by atoms with Crippen molar-refractivity contribution in [3.8, 4) is 0 Å². The molecule has 13 heavy (non-hydrogen) atoms. The Bertz CT molecular complexity index is 278.